The van der Waals surface area contributed by atoms with E-state index in [9.17, 15) is 25.0 Å². The van der Waals surface area contributed by atoms with E-state index in [1.165, 1.54) is 49.7 Å². The molecule has 13 nitrogen and oxygen atoms in total. The molecule has 2 aromatic heterocycles. The van der Waals surface area contributed by atoms with Crippen LogP contribution < -0.4 is 15.0 Å². The van der Waals surface area contributed by atoms with E-state index in [0.29, 0.717) is 33.2 Å². The van der Waals surface area contributed by atoms with Crippen LogP contribution in [-0.2, 0) is 6.61 Å². The second-order valence-corrected chi connectivity index (χ2v) is 10.0. The number of para-hydroxylation sites is 1. The maximum atomic E-state index is 13.6. The van der Waals surface area contributed by atoms with Crippen molar-refractivity contribution >= 4 is 51.1 Å². The lowest BCUT2D eigenvalue weighted by molar-refractivity contribution is -0.386. The highest BCUT2D eigenvalue weighted by Crippen LogP contribution is 2.37. The predicted octanol–water partition coefficient (Wildman–Crippen LogP) is 6.75. The molecule has 224 valence electrons. The average molecular weight is 626 g/mol. The van der Waals surface area contributed by atoms with Crippen molar-refractivity contribution in [1.82, 2.24) is 9.66 Å². The monoisotopic (exact) mass is 625 g/mol. The van der Waals surface area contributed by atoms with Gasteiger partial charge in [-0.1, -0.05) is 29.8 Å². The van der Waals surface area contributed by atoms with Crippen LogP contribution in [0.25, 0.3) is 33.5 Å². The normalized spacial score (nSPS) is 11.3. The molecule has 6 rings (SSSR count). The maximum Gasteiger partial charge on any atom is 0.313 e. The first-order valence-electron chi connectivity index (χ1n) is 13.2. The topological polar surface area (TPSA) is 165 Å². The standard InChI is InChI=1S/C31H20ClN5O8/c1-43-26-7-4-8-27-22(26)15-28(45-27)30-34-24-6-3-2-5-21(24)31(38)35(30)33-16-19-13-23(32)29(25(14-19)37(41)42)44-17-18-9-11-20(12-10-18)36(39)40/h2-16H,17H2,1H3. The van der Waals surface area contributed by atoms with Crippen molar-refractivity contribution in [1.29, 1.82) is 0 Å². The van der Waals surface area contributed by atoms with Crippen molar-refractivity contribution in [3.05, 3.63) is 132 Å². The van der Waals surface area contributed by atoms with Crippen molar-refractivity contribution in [2.75, 3.05) is 7.11 Å². The van der Waals surface area contributed by atoms with Gasteiger partial charge >= 0.3 is 5.69 Å². The molecule has 0 radical (unpaired) electrons. The number of benzene rings is 4. The molecule has 0 saturated heterocycles. The highest BCUT2D eigenvalue weighted by atomic mass is 35.5. The van der Waals surface area contributed by atoms with Crippen molar-refractivity contribution in [3.63, 3.8) is 0 Å². The van der Waals surface area contributed by atoms with Crippen LogP contribution in [0.5, 0.6) is 11.5 Å². The summed E-state index contributed by atoms with van der Waals surface area (Å²) in [5.41, 5.74) is 0.624. The van der Waals surface area contributed by atoms with Gasteiger partial charge in [-0.05, 0) is 54.1 Å². The molecule has 45 heavy (non-hydrogen) atoms. The summed E-state index contributed by atoms with van der Waals surface area (Å²) in [6.45, 7) is -0.129. The Kier molecular flexibility index (Phi) is 7.67. The van der Waals surface area contributed by atoms with Gasteiger partial charge in [0.2, 0.25) is 11.6 Å². The van der Waals surface area contributed by atoms with Gasteiger partial charge in [0.15, 0.2) is 5.76 Å². The summed E-state index contributed by atoms with van der Waals surface area (Å²) in [4.78, 5) is 39.9. The molecule has 0 aliphatic carbocycles. The number of nitro benzene ring substituents is 2. The van der Waals surface area contributed by atoms with Gasteiger partial charge in [-0.25, -0.2) is 4.98 Å². The third-order valence-electron chi connectivity index (χ3n) is 6.81. The fourth-order valence-electron chi connectivity index (χ4n) is 4.66. The summed E-state index contributed by atoms with van der Waals surface area (Å²) >= 11 is 6.42. The molecule has 0 saturated carbocycles. The first-order valence-corrected chi connectivity index (χ1v) is 13.6. The van der Waals surface area contributed by atoms with Gasteiger partial charge in [0.05, 0.1) is 44.5 Å². The number of halogens is 1. The molecule has 0 N–H and O–H groups in total. The van der Waals surface area contributed by atoms with Crippen molar-refractivity contribution < 1.29 is 23.7 Å². The lowest BCUT2D eigenvalue weighted by atomic mass is 10.2. The number of nitro groups is 2. The summed E-state index contributed by atoms with van der Waals surface area (Å²) in [5.74, 6) is 0.711. The van der Waals surface area contributed by atoms with E-state index in [1.807, 2.05) is 0 Å². The molecule has 0 aliphatic heterocycles. The molecule has 2 heterocycles. The van der Waals surface area contributed by atoms with Crippen LogP contribution in [0.3, 0.4) is 0 Å². The molecule has 0 spiro atoms. The number of hydrogen-bond acceptors (Lipinski definition) is 10. The fourth-order valence-corrected chi connectivity index (χ4v) is 4.94. The van der Waals surface area contributed by atoms with Gasteiger partial charge in [0.1, 0.15) is 17.9 Å². The zero-order chi connectivity index (χ0) is 31.7. The molecule has 0 aliphatic rings. The zero-order valence-electron chi connectivity index (χ0n) is 23.2. The maximum absolute atomic E-state index is 13.6. The summed E-state index contributed by atoms with van der Waals surface area (Å²) < 4.78 is 18.2. The van der Waals surface area contributed by atoms with Crippen LogP contribution in [0.4, 0.5) is 11.4 Å². The summed E-state index contributed by atoms with van der Waals surface area (Å²) in [6, 6.07) is 21.9. The van der Waals surface area contributed by atoms with Gasteiger partial charge in [0, 0.05) is 23.8 Å². The van der Waals surface area contributed by atoms with E-state index in [1.54, 1.807) is 48.5 Å². The quantitative estimate of drug-likeness (QED) is 0.0959. The number of methoxy groups -OCH3 is 1. The number of hydrogen-bond donors (Lipinski definition) is 0. The van der Waals surface area contributed by atoms with E-state index in [0.717, 1.165) is 4.68 Å². The van der Waals surface area contributed by atoms with Crippen LogP contribution in [-0.4, -0.2) is 32.8 Å². The Labute approximate surface area is 257 Å². The molecule has 0 atom stereocenters. The summed E-state index contributed by atoms with van der Waals surface area (Å²) in [5, 5.41) is 28.1. The largest absolute Gasteiger partial charge is 0.496 e. The van der Waals surface area contributed by atoms with E-state index in [2.05, 4.69) is 10.1 Å². The highest BCUT2D eigenvalue weighted by molar-refractivity contribution is 6.32. The van der Waals surface area contributed by atoms with Crippen molar-refractivity contribution in [2.45, 2.75) is 6.61 Å². The molecule has 0 fully saturated rings. The number of fused-ring (bicyclic) bond motifs is 2. The number of rotatable bonds is 9. The van der Waals surface area contributed by atoms with Crippen LogP contribution in [0.1, 0.15) is 11.1 Å². The third-order valence-corrected chi connectivity index (χ3v) is 7.09. The number of nitrogens with zero attached hydrogens (tertiary/aromatic N) is 5. The van der Waals surface area contributed by atoms with E-state index < -0.39 is 21.1 Å². The Morgan fingerprint density at radius 2 is 1.76 bits per heavy atom. The van der Waals surface area contributed by atoms with Crippen molar-refractivity contribution in [3.8, 4) is 23.1 Å². The smallest absolute Gasteiger partial charge is 0.313 e. The molecule has 0 unspecified atom stereocenters. The first-order chi connectivity index (χ1) is 21.7. The summed E-state index contributed by atoms with van der Waals surface area (Å²) in [6.07, 6.45) is 1.24. The SMILES string of the molecule is COc1cccc2oc(-c3nc4ccccc4c(=O)n3N=Cc3cc(Cl)c(OCc4ccc([N+](=O)[O-])cc4)c([N+](=O)[O-])c3)cc12. The fraction of sp³-hybridized carbons (Fsp3) is 0.0645. The van der Waals surface area contributed by atoms with E-state index in [4.69, 9.17) is 25.5 Å². The van der Waals surface area contributed by atoms with Gasteiger partial charge in [-0.15, -0.1) is 0 Å². The minimum absolute atomic E-state index is 0.0823. The van der Waals surface area contributed by atoms with E-state index in [-0.39, 0.29) is 40.2 Å². The van der Waals surface area contributed by atoms with Crippen molar-refractivity contribution in [2.24, 2.45) is 5.10 Å². The Morgan fingerprint density at radius 3 is 2.49 bits per heavy atom. The van der Waals surface area contributed by atoms with Gasteiger partial charge in [-0.3, -0.25) is 25.0 Å². The Hall–Kier alpha value is -6.08. The first kappa shape index (κ1) is 29.0. The molecule has 4 aromatic carbocycles. The molecule has 0 amide bonds. The average Bonchev–Trinajstić information content (AvgIpc) is 3.48. The number of aromatic nitrogens is 2. The minimum Gasteiger partial charge on any atom is -0.496 e. The second kappa shape index (κ2) is 11.9. The molecule has 0 bridgehead atoms. The van der Waals surface area contributed by atoms with Crippen LogP contribution in [0.15, 0.2) is 99.2 Å². The van der Waals surface area contributed by atoms with Crippen LogP contribution in [0, 0.1) is 20.2 Å². The number of furan rings is 1. The predicted molar refractivity (Wildman–Crippen MR) is 166 cm³/mol. The van der Waals surface area contributed by atoms with Gasteiger partial charge < -0.3 is 13.9 Å². The molecule has 6 aromatic rings. The minimum atomic E-state index is -0.661. The Bertz CT molecular complexity index is 2210. The third kappa shape index (κ3) is 5.67. The summed E-state index contributed by atoms with van der Waals surface area (Å²) in [7, 11) is 1.53. The molecular formula is C31H20ClN5O8. The van der Waals surface area contributed by atoms with Gasteiger partial charge in [-0.2, -0.15) is 9.78 Å². The Balaban J connectivity index is 1.39. The zero-order valence-corrected chi connectivity index (χ0v) is 24.0. The second-order valence-electron chi connectivity index (χ2n) is 9.62. The number of ether oxygens (including phenoxy) is 2. The Morgan fingerprint density at radius 1 is 0.978 bits per heavy atom. The highest BCUT2D eigenvalue weighted by Gasteiger charge is 2.22. The number of non-ortho nitro benzene ring substituents is 1. The molecular weight excluding hydrogens is 606 g/mol. The van der Waals surface area contributed by atoms with Crippen LogP contribution >= 0.6 is 11.6 Å². The van der Waals surface area contributed by atoms with Gasteiger partial charge in [0.25, 0.3) is 11.2 Å². The lowest BCUT2D eigenvalue weighted by Gasteiger charge is -2.10. The lowest BCUT2D eigenvalue weighted by Crippen LogP contribution is -2.20. The van der Waals surface area contributed by atoms with Crippen LogP contribution in [0.2, 0.25) is 5.02 Å². The van der Waals surface area contributed by atoms with E-state index >= 15 is 0 Å². The molecule has 14 heteroatoms.